The van der Waals surface area contributed by atoms with Crippen molar-refractivity contribution in [3.05, 3.63) is 30.1 Å². The highest BCUT2D eigenvalue weighted by Crippen LogP contribution is 2.18. The first kappa shape index (κ1) is 11.2. The molecular weight excluding hydrogens is 220 g/mol. The van der Waals surface area contributed by atoms with Crippen LogP contribution in [0.5, 0.6) is 0 Å². The monoisotopic (exact) mass is 232 g/mol. The van der Waals surface area contributed by atoms with Crippen LogP contribution in [0, 0.1) is 6.92 Å². The molecule has 7 nitrogen and oxygen atoms in total. The third-order valence-corrected chi connectivity index (χ3v) is 2.29. The molecule has 0 radical (unpaired) electrons. The SMILES string of the molecule is Cc1ccc(-n2cnnn2)cc1NC(=O)CN. The zero-order valence-electron chi connectivity index (χ0n) is 9.29. The molecule has 0 saturated heterocycles. The second-order valence-corrected chi connectivity index (χ2v) is 3.51. The number of nitrogens with two attached hydrogens (primary N) is 1. The maximum atomic E-state index is 11.2. The summed E-state index contributed by atoms with van der Waals surface area (Å²) in [6.07, 6.45) is 1.49. The Kier molecular flexibility index (Phi) is 3.10. The fourth-order valence-electron chi connectivity index (χ4n) is 1.37. The topological polar surface area (TPSA) is 98.7 Å². The first-order chi connectivity index (χ1) is 8.20. The summed E-state index contributed by atoms with van der Waals surface area (Å²) >= 11 is 0. The lowest BCUT2D eigenvalue weighted by Crippen LogP contribution is -2.22. The highest BCUT2D eigenvalue weighted by atomic mass is 16.1. The van der Waals surface area contributed by atoms with E-state index in [1.807, 2.05) is 19.1 Å². The van der Waals surface area contributed by atoms with E-state index in [4.69, 9.17) is 5.73 Å². The van der Waals surface area contributed by atoms with Crippen molar-refractivity contribution in [1.82, 2.24) is 20.2 Å². The van der Waals surface area contributed by atoms with Crippen molar-refractivity contribution in [3.63, 3.8) is 0 Å². The van der Waals surface area contributed by atoms with Crippen LogP contribution in [-0.4, -0.2) is 32.7 Å². The second kappa shape index (κ2) is 4.71. The number of rotatable bonds is 3. The molecule has 1 amide bonds. The first-order valence-corrected chi connectivity index (χ1v) is 5.04. The Labute approximate surface area is 97.6 Å². The molecule has 0 aliphatic rings. The van der Waals surface area contributed by atoms with Crippen molar-refractivity contribution in [3.8, 4) is 5.69 Å². The first-order valence-electron chi connectivity index (χ1n) is 5.04. The molecule has 88 valence electrons. The minimum absolute atomic E-state index is 0.0471. The molecule has 0 spiro atoms. The van der Waals surface area contributed by atoms with E-state index in [1.165, 1.54) is 11.0 Å². The van der Waals surface area contributed by atoms with E-state index in [9.17, 15) is 4.79 Å². The number of tetrazole rings is 1. The van der Waals surface area contributed by atoms with Gasteiger partial charge in [0.25, 0.3) is 0 Å². The van der Waals surface area contributed by atoms with Crippen LogP contribution in [0.2, 0.25) is 0 Å². The Morgan fingerprint density at radius 3 is 3.00 bits per heavy atom. The zero-order valence-corrected chi connectivity index (χ0v) is 9.29. The largest absolute Gasteiger partial charge is 0.325 e. The molecule has 0 aliphatic carbocycles. The molecule has 0 aliphatic heterocycles. The summed E-state index contributed by atoms with van der Waals surface area (Å²) in [5.41, 5.74) is 7.67. The Balaban J connectivity index is 2.33. The molecule has 0 fully saturated rings. The molecule has 2 aromatic rings. The quantitative estimate of drug-likeness (QED) is 0.767. The lowest BCUT2D eigenvalue weighted by atomic mass is 10.2. The van der Waals surface area contributed by atoms with Gasteiger partial charge in [0.05, 0.1) is 12.2 Å². The predicted octanol–water partition coefficient (Wildman–Crippen LogP) is -0.132. The molecule has 7 heteroatoms. The molecule has 2 rings (SSSR count). The number of amides is 1. The number of aromatic nitrogens is 4. The molecule has 17 heavy (non-hydrogen) atoms. The third kappa shape index (κ3) is 2.45. The minimum atomic E-state index is -0.234. The van der Waals surface area contributed by atoms with E-state index in [2.05, 4.69) is 20.8 Å². The van der Waals surface area contributed by atoms with Gasteiger partial charge in [-0.2, -0.15) is 0 Å². The lowest BCUT2D eigenvalue weighted by molar-refractivity contribution is -0.114. The molecule has 1 heterocycles. The highest BCUT2D eigenvalue weighted by molar-refractivity contribution is 5.93. The van der Waals surface area contributed by atoms with Gasteiger partial charge in [-0.1, -0.05) is 6.07 Å². The van der Waals surface area contributed by atoms with Gasteiger partial charge in [-0.15, -0.1) is 5.10 Å². The fourth-order valence-corrected chi connectivity index (χ4v) is 1.37. The molecule has 1 aromatic heterocycles. The van der Waals surface area contributed by atoms with Gasteiger partial charge in [0, 0.05) is 5.69 Å². The summed E-state index contributed by atoms with van der Waals surface area (Å²) in [6, 6.07) is 5.53. The molecule has 3 N–H and O–H groups in total. The summed E-state index contributed by atoms with van der Waals surface area (Å²) < 4.78 is 1.51. The second-order valence-electron chi connectivity index (χ2n) is 3.51. The van der Waals surface area contributed by atoms with Crippen LogP contribution < -0.4 is 11.1 Å². The Morgan fingerprint density at radius 1 is 1.53 bits per heavy atom. The number of nitrogens with one attached hydrogen (secondary N) is 1. The van der Waals surface area contributed by atoms with Gasteiger partial charge < -0.3 is 11.1 Å². The lowest BCUT2D eigenvalue weighted by Gasteiger charge is -2.09. The smallest absolute Gasteiger partial charge is 0.238 e. The summed E-state index contributed by atoms with van der Waals surface area (Å²) in [6.45, 7) is 1.85. The molecule has 0 bridgehead atoms. The van der Waals surface area contributed by atoms with E-state index in [-0.39, 0.29) is 12.5 Å². The summed E-state index contributed by atoms with van der Waals surface area (Å²) in [7, 11) is 0. The van der Waals surface area contributed by atoms with Crippen molar-refractivity contribution in [1.29, 1.82) is 0 Å². The van der Waals surface area contributed by atoms with Gasteiger partial charge in [0.2, 0.25) is 5.91 Å². The van der Waals surface area contributed by atoms with Gasteiger partial charge >= 0.3 is 0 Å². The number of anilines is 1. The van der Waals surface area contributed by atoms with Crippen LogP contribution in [-0.2, 0) is 4.79 Å². The van der Waals surface area contributed by atoms with E-state index in [0.29, 0.717) is 5.69 Å². The minimum Gasteiger partial charge on any atom is -0.325 e. The van der Waals surface area contributed by atoms with Crippen LogP contribution in [0.25, 0.3) is 5.69 Å². The molecular formula is C10H12N6O. The van der Waals surface area contributed by atoms with Crippen LogP contribution in [0.3, 0.4) is 0 Å². The van der Waals surface area contributed by atoms with E-state index < -0.39 is 0 Å². The number of hydrogen-bond donors (Lipinski definition) is 2. The Bertz CT molecular complexity index is 522. The average molecular weight is 232 g/mol. The van der Waals surface area contributed by atoms with Crippen LogP contribution in [0.1, 0.15) is 5.56 Å². The fraction of sp³-hybridized carbons (Fsp3) is 0.200. The number of hydrogen-bond acceptors (Lipinski definition) is 5. The summed E-state index contributed by atoms with van der Waals surface area (Å²) in [4.78, 5) is 11.2. The van der Waals surface area contributed by atoms with Crippen LogP contribution in [0.4, 0.5) is 5.69 Å². The maximum Gasteiger partial charge on any atom is 0.238 e. The van der Waals surface area contributed by atoms with Crippen LogP contribution in [0.15, 0.2) is 24.5 Å². The van der Waals surface area contributed by atoms with Crippen molar-refractivity contribution < 1.29 is 4.79 Å². The Hall–Kier alpha value is -2.28. The van der Waals surface area contributed by atoms with E-state index in [1.54, 1.807) is 6.07 Å². The van der Waals surface area contributed by atoms with E-state index >= 15 is 0 Å². The van der Waals surface area contributed by atoms with Crippen molar-refractivity contribution >= 4 is 11.6 Å². The molecule has 0 unspecified atom stereocenters. The average Bonchev–Trinajstić information content (AvgIpc) is 2.85. The predicted molar refractivity (Wildman–Crippen MR) is 61.6 cm³/mol. The van der Waals surface area contributed by atoms with Gasteiger partial charge in [-0.05, 0) is 35.0 Å². The third-order valence-electron chi connectivity index (χ3n) is 2.29. The van der Waals surface area contributed by atoms with Gasteiger partial charge in [-0.3, -0.25) is 4.79 Å². The van der Waals surface area contributed by atoms with Crippen molar-refractivity contribution in [2.45, 2.75) is 6.92 Å². The molecule has 0 atom stereocenters. The van der Waals surface area contributed by atoms with Gasteiger partial charge in [0.15, 0.2) is 0 Å². The normalized spacial score (nSPS) is 10.2. The van der Waals surface area contributed by atoms with Gasteiger partial charge in [0.1, 0.15) is 6.33 Å². The maximum absolute atomic E-state index is 11.2. The Morgan fingerprint density at radius 2 is 2.35 bits per heavy atom. The van der Waals surface area contributed by atoms with Crippen molar-refractivity contribution in [2.24, 2.45) is 5.73 Å². The number of carbonyl (C=O) groups excluding carboxylic acids is 1. The number of aryl methyl sites for hydroxylation is 1. The van der Waals surface area contributed by atoms with Crippen LogP contribution >= 0.6 is 0 Å². The summed E-state index contributed by atoms with van der Waals surface area (Å²) in [5.74, 6) is -0.234. The highest BCUT2D eigenvalue weighted by Gasteiger charge is 2.05. The molecule has 1 aromatic carbocycles. The van der Waals surface area contributed by atoms with Gasteiger partial charge in [-0.25, -0.2) is 4.68 Å². The summed E-state index contributed by atoms with van der Waals surface area (Å²) in [5, 5.41) is 13.6. The molecule has 0 saturated carbocycles. The zero-order chi connectivity index (χ0) is 12.3. The number of carbonyl (C=O) groups is 1. The standard InChI is InChI=1S/C10H12N6O/c1-7-2-3-8(16-6-12-14-15-16)4-9(7)13-10(17)5-11/h2-4,6H,5,11H2,1H3,(H,13,17). The number of benzene rings is 1. The number of nitrogens with zero attached hydrogens (tertiary/aromatic N) is 4. The van der Waals surface area contributed by atoms with E-state index in [0.717, 1.165) is 11.3 Å². The van der Waals surface area contributed by atoms with Crippen molar-refractivity contribution in [2.75, 3.05) is 11.9 Å².